The first-order valence-corrected chi connectivity index (χ1v) is 20.3. The largest absolute Gasteiger partial charge is 0.228 e. The van der Waals surface area contributed by atoms with Crippen LogP contribution in [0.25, 0.3) is 89.2 Å². The van der Waals surface area contributed by atoms with Gasteiger partial charge in [0.15, 0.2) is 5.82 Å². The van der Waals surface area contributed by atoms with Crippen molar-refractivity contribution in [1.82, 2.24) is 9.97 Å². The number of aromatic nitrogens is 2. The number of nitrogens with zero attached hydrogens (tertiary/aromatic N) is 2. The first-order chi connectivity index (χ1) is 28.3. The molecule has 0 aliphatic heterocycles. The Bertz CT molecular complexity index is 3110. The van der Waals surface area contributed by atoms with E-state index in [-0.39, 0.29) is 10.8 Å². The van der Waals surface area contributed by atoms with Gasteiger partial charge in [-0.3, -0.25) is 0 Å². The summed E-state index contributed by atoms with van der Waals surface area (Å²) in [5, 5.41) is 2.55. The van der Waals surface area contributed by atoms with Crippen LogP contribution < -0.4 is 0 Å². The van der Waals surface area contributed by atoms with Crippen LogP contribution in [-0.4, -0.2) is 9.97 Å². The van der Waals surface area contributed by atoms with Crippen molar-refractivity contribution in [3.8, 4) is 78.4 Å². The molecule has 2 aliphatic rings. The Kier molecular flexibility index (Phi) is 7.59. The van der Waals surface area contributed by atoms with Gasteiger partial charge in [-0.25, -0.2) is 9.97 Å². The van der Waals surface area contributed by atoms with Gasteiger partial charge in [0.1, 0.15) is 0 Å². The minimum absolute atomic E-state index is 0.109. The van der Waals surface area contributed by atoms with E-state index in [1.54, 1.807) is 0 Å². The van der Waals surface area contributed by atoms with Crippen molar-refractivity contribution >= 4 is 10.8 Å². The molecule has 276 valence electrons. The molecule has 58 heavy (non-hydrogen) atoms. The average molecular weight is 743 g/mol. The van der Waals surface area contributed by atoms with Crippen LogP contribution in [-0.2, 0) is 10.8 Å². The van der Waals surface area contributed by atoms with Crippen LogP contribution in [0.4, 0.5) is 0 Å². The SMILES string of the molecule is CC1(C)c2cc3ccccc3cc2-c2c(-c3cccc(-c4cc(-c5cccc(-c6cccc7c6C(C)(C)c6ccccc6-7)c5)nc(-c5ccccc5)n4)c3)cccc21. The van der Waals surface area contributed by atoms with E-state index in [0.29, 0.717) is 5.82 Å². The fraction of sp³-hybridized carbons (Fsp3) is 0.107. The average Bonchev–Trinajstić information content (AvgIpc) is 3.65. The maximum atomic E-state index is 5.26. The number of hydrogen-bond donors (Lipinski definition) is 0. The first kappa shape index (κ1) is 34.4. The summed E-state index contributed by atoms with van der Waals surface area (Å²) in [7, 11) is 0. The Balaban J connectivity index is 1.05. The van der Waals surface area contributed by atoms with Crippen LogP contribution in [0.3, 0.4) is 0 Å². The molecule has 2 aliphatic carbocycles. The Hall–Kier alpha value is -6.90. The molecule has 0 spiro atoms. The summed E-state index contributed by atoms with van der Waals surface area (Å²) in [5.74, 6) is 0.712. The number of hydrogen-bond acceptors (Lipinski definition) is 2. The van der Waals surface area contributed by atoms with Gasteiger partial charge in [-0.15, -0.1) is 0 Å². The molecule has 1 heterocycles. The molecule has 0 atom stereocenters. The third-order valence-corrected chi connectivity index (χ3v) is 12.8. The smallest absolute Gasteiger partial charge is 0.160 e. The van der Waals surface area contributed by atoms with Crippen LogP contribution in [0.1, 0.15) is 49.9 Å². The van der Waals surface area contributed by atoms with E-state index in [2.05, 4.69) is 204 Å². The summed E-state index contributed by atoms with van der Waals surface area (Å²) in [5.41, 5.74) is 20.4. The summed E-state index contributed by atoms with van der Waals surface area (Å²) < 4.78 is 0. The standard InChI is InChI=1S/C56H42N2/c1-55(2)48-29-15-25-42(52(48)46-32-36-18-8-9-19-37(36)33-49(46)55)38-20-12-22-40(30-38)50-34-51(58-54(57-50)35-16-6-5-7-17-35)41-23-13-21-39(31-41)43-26-14-27-45-44-24-10-11-28-47(44)56(3,4)53(43)45/h5-34H,1-4H3. The van der Waals surface area contributed by atoms with E-state index in [1.165, 1.54) is 77.5 Å². The first-order valence-electron chi connectivity index (χ1n) is 20.3. The fourth-order valence-electron chi connectivity index (χ4n) is 9.95. The second-order valence-corrected chi connectivity index (χ2v) is 17.0. The zero-order chi connectivity index (χ0) is 39.2. The highest BCUT2D eigenvalue weighted by atomic mass is 14.9. The maximum Gasteiger partial charge on any atom is 0.160 e. The lowest BCUT2D eigenvalue weighted by Crippen LogP contribution is -2.16. The van der Waals surface area contributed by atoms with Crippen LogP contribution in [0.2, 0.25) is 0 Å². The minimum atomic E-state index is -0.114. The van der Waals surface area contributed by atoms with Gasteiger partial charge >= 0.3 is 0 Å². The Morgan fingerprint density at radius 3 is 1.59 bits per heavy atom. The van der Waals surface area contributed by atoms with Gasteiger partial charge in [-0.1, -0.05) is 179 Å². The Labute approximate surface area is 340 Å². The molecule has 8 aromatic carbocycles. The molecule has 0 saturated heterocycles. The molecule has 2 nitrogen and oxygen atoms in total. The summed E-state index contributed by atoms with van der Waals surface area (Å²) in [4.78, 5) is 10.5. The van der Waals surface area contributed by atoms with E-state index in [1.807, 2.05) is 6.07 Å². The molecule has 11 rings (SSSR count). The van der Waals surface area contributed by atoms with E-state index in [4.69, 9.17) is 9.97 Å². The monoisotopic (exact) mass is 742 g/mol. The van der Waals surface area contributed by atoms with E-state index < -0.39 is 0 Å². The molecule has 9 aromatic rings. The van der Waals surface area contributed by atoms with Crippen molar-refractivity contribution in [2.24, 2.45) is 0 Å². The van der Waals surface area contributed by atoms with Gasteiger partial charge < -0.3 is 0 Å². The number of fused-ring (bicyclic) bond motifs is 7. The lowest BCUT2D eigenvalue weighted by molar-refractivity contribution is 0.661. The van der Waals surface area contributed by atoms with Crippen LogP contribution in [0, 0.1) is 0 Å². The van der Waals surface area contributed by atoms with Gasteiger partial charge in [0.2, 0.25) is 0 Å². The maximum absolute atomic E-state index is 5.26. The third kappa shape index (κ3) is 5.25. The van der Waals surface area contributed by atoms with Crippen molar-refractivity contribution in [1.29, 1.82) is 0 Å². The topological polar surface area (TPSA) is 25.8 Å². The van der Waals surface area contributed by atoms with Crippen LogP contribution in [0.5, 0.6) is 0 Å². The minimum Gasteiger partial charge on any atom is -0.228 e. The third-order valence-electron chi connectivity index (χ3n) is 12.8. The second-order valence-electron chi connectivity index (χ2n) is 17.0. The molecule has 0 unspecified atom stereocenters. The lowest BCUT2D eigenvalue weighted by atomic mass is 9.78. The lowest BCUT2D eigenvalue weighted by Gasteiger charge is -2.24. The molecular formula is C56H42N2. The zero-order valence-electron chi connectivity index (χ0n) is 33.2. The zero-order valence-corrected chi connectivity index (χ0v) is 33.2. The molecule has 0 amide bonds. The number of benzene rings is 8. The molecule has 0 N–H and O–H groups in total. The van der Waals surface area contributed by atoms with E-state index >= 15 is 0 Å². The highest BCUT2D eigenvalue weighted by Gasteiger charge is 2.38. The van der Waals surface area contributed by atoms with Gasteiger partial charge in [0, 0.05) is 27.5 Å². The summed E-state index contributed by atoms with van der Waals surface area (Å²) in [6.45, 7) is 9.43. The predicted molar refractivity (Wildman–Crippen MR) is 242 cm³/mol. The highest BCUT2D eigenvalue weighted by Crippen LogP contribution is 2.54. The quantitative estimate of drug-likeness (QED) is 0.175. The molecular weight excluding hydrogens is 701 g/mol. The van der Waals surface area contributed by atoms with Crippen molar-refractivity contribution in [2.75, 3.05) is 0 Å². The fourth-order valence-corrected chi connectivity index (χ4v) is 9.95. The van der Waals surface area contributed by atoms with Crippen molar-refractivity contribution in [3.63, 3.8) is 0 Å². The summed E-state index contributed by atoms with van der Waals surface area (Å²) in [6.07, 6.45) is 0. The van der Waals surface area contributed by atoms with Crippen molar-refractivity contribution < 1.29 is 0 Å². The van der Waals surface area contributed by atoms with Gasteiger partial charge in [-0.2, -0.15) is 0 Å². The second kappa shape index (κ2) is 12.8. The Morgan fingerprint density at radius 1 is 0.328 bits per heavy atom. The number of rotatable bonds is 5. The van der Waals surface area contributed by atoms with Crippen molar-refractivity contribution in [2.45, 2.75) is 38.5 Å². The highest BCUT2D eigenvalue weighted by molar-refractivity contribution is 5.99. The van der Waals surface area contributed by atoms with Crippen molar-refractivity contribution in [3.05, 3.63) is 204 Å². The van der Waals surface area contributed by atoms with Gasteiger partial charge in [0.05, 0.1) is 11.4 Å². The van der Waals surface area contributed by atoms with Gasteiger partial charge in [-0.05, 0) is 108 Å². The summed E-state index contributed by atoms with van der Waals surface area (Å²) in [6, 6.07) is 66.3. The molecule has 2 heteroatoms. The van der Waals surface area contributed by atoms with Crippen LogP contribution in [0.15, 0.2) is 182 Å². The molecule has 0 fully saturated rings. The molecule has 0 saturated carbocycles. The van der Waals surface area contributed by atoms with E-state index in [0.717, 1.165) is 28.1 Å². The molecule has 0 bridgehead atoms. The normalized spacial score (nSPS) is 14.1. The van der Waals surface area contributed by atoms with Gasteiger partial charge in [0.25, 0.3) is 0 Å². The Morgan fingerprint density at radius 2 is 0.845 bits per heavy atom. The molecule has 0 radical (unpaired) electrons. The van der Waals surface area contributed by atoms with E-state index in [9.17, 15) is 0 Å². The summed E-state index contributed by atoms with van der Waals surface area (Å²) >= 11 is 0. The predicted octanol–water partition coefficient (Wildman–Crippen LogP) is 14.6. The molecule has 1 aromatic heterocycles. The van der Waals surface area contributed by atoms with Crippen LogP contribution >= 0.6 is 0 Å².